The van der Waals surface area contributed by atoms with Crippen LogP contribution < -0.4 is 10.2 Å². The van der Waals surface area contributed by atoms with E-state index in [1.807, 2.05) is 57.2 Å². The molecular formula is C26H28FN3O3S. The summed E-state index contributed by atoms with van der Waals surface area (Å²) in [6.07, 6.45) is 0. The van der Waals surface area contributed by atoms with Gasteiger partial charge >= 0.3 is 0 Å². The number of amides is 1. The van der Waals surface area contributed by atoms with Gasteiger partial charge in [-0.25, -0.2) is 12.8 Å². The molecule has 178 valence electrons. The minimum Gasteiger partial charge on any atom is -0.366 e. The first kappa shape index (κ1) is 23.9. The largest absolute Gasteiger partial charge is 0.366 e. The number of hydrogen-bond donors (Lipinski definition) is 1. The topological polar surface area (TPSA) is 69.7 Å². The molecule has 3 aromatic carbocycles. The van der Waals surface area contributed by atoms with E-state index in [1.165, 1.54) is 10.4 Å². The van der Waals surface area contributed by atoms with Crippen molar-refractivity contribution in [1.29, 1.82) is 0 Å². The number of halogens is 1. The van der Waals surface area contributed by atoms with Crippen molar-refractivity contribution in [3.63, 3.8) is 0 Å². The van der Waals surface area contributed by atoms with Crippen LogP contribution in [0.15, 0.2) is 71.6 Å². The van der Waals surface area contributed by atoms with Crippen LogP contribution in [-0.4, -0.2) is 44.3 Å². The van der Waals surface area contributed by atoms with Gasteiger partial charge in [-0.1, -0.05) is 35.4 Å². The van der Waals surface area contributed by atoms with Crippen LogP contribution in [-0.2, 0) is 10.0 Å². The van der Waals surface area contributed by atoms with Crippen molar-refractivity contribution in [2.45, 2.75) is 31.7 Å². The predicted molar refractivity (Wildman–Crippen MR) is 132 cm³/mol. The summed E-state index contributed by atoms with van der Waals surface area (Å²) in [4.78, 5) is 14.8. The van der Waals surface area contributed by atoms with E-state index in [4.69, 9.17) is 0 Å². The van der Waals surface area contributed by atoms with Crippen LogP contribution in [0, 0.1) is 19.7 Å². The summed E-state index contributed by atoms with van der Waals surface area (Å²) in [7, 11) is -3.90. The Morgan fingerprint density at radius 3 is 2.18 bits per heavy atom. The normalized spacial score (nSPS) is 16.9. The van der Waals surface area contributed by atoms with Gasteiger partial charge in [-0.3, -0.25) is 4.79 Å². The Labute approximate surface area is 200 Å². The second kappa shape index (κ2) is 9.56. The Kier molecular flexibility index (Phi) is 6.72. The molecule has 1 heterocycles. The molecule has 1 N–H and O–H groups in total. The van der Waals surface area contributed by atoms with Gasteiger partial charge in [0.25, 0.3) is 5.91 Å². The van der Waals surface area contributed by atoms with Gasteiger partial charge in [0.05, 0.1) is 10.5 Å². The van der Waals surface area contributed by atoms with Crippen molar-refractivity contribution in [2.24, 2.45) is 0 Å². The molecule has 8 heteroatoms. The molecule has 1 aliphatic heterocycles. The zero-order valence-electron chi connectivity index (χ0n) is 19.5. The van der Waals surface area contributed by atoms with Gasteiger partial charge in [-0.2, -0.15) is 4.31 Å². The summed E-state index contributed by atoms with van der Waals surface area (Å²) in [5.41, 5.74) is 3.43. The summed E-state index contributed by atoms with van der Waals surface area (Å²) >= 11 is 0. The third-order valence-corrected chi connectivity index (χ3v) is 7.95. The van der Waals surface area contributed by atoms with E-state index in [2.05, 4.69) is 10.2 Å². The second-order valence-corrected chi connectivity index (χ2v) is 10.6. The molecule has 1 aliphatic rings. The monoisotopic (exact) mass is 481 g/mol. The Hall–Kier alpha value is -3.23. The molecule has 34 heavy (non-hydrogen) atoms. The fourth-order valence-electron chi connectivity index (χ4n) is 4.09. The lowest BCUT2D eigenvalue weighted by molar-refractivity contribution is 0.102. The number of anilines is 2. The van der Waals surface area contributed by atoms with Gasteiger partial charge in [0, 0.05) is 37.1 Å². The van der Waals surface area contributed by atoms with E-state index in [0.717, 1.165) is 28.9 Å². The van der Waals surface area contributed by atoms with Gasteiger partial charge in [0.2, 0.25) is 10.0 Å². The van der Waals surface area contributed by atoms with Crippen molar-refractivity contribution in [3.8, 4) is 0 Å². The Balaban J connectivity index is 1.52. The maximum Gasteiger partial charge on any atom is 0.258 e. The standard InChI is InChI=1S/C26H28FN3O3S/c1-18-4-8-21(9-5-18)28-26(31)24-16-23(12-13-25(24)27)34(32,33)29-14-15-30(20(3)17-29)22-10-6-19(2)7-11-22/h4-13,16,20H,14-15,17H2,1-3H3,(H,28,31)/t20-/m0/s1. The molecule has 0 spiro atoms. The van der Waals surface area contributed by atoms with Crippen molar-refractivity contribution in [3.05, 3.63) is 89.2 Å². The predicted octanol–water partition coefficient (Wildman–Crippen LogP) is 4.59. The first-order chi connectivity index (χ1) is 16.1. The Morgan fingerprint density at radius 1 is 0.941 bits per heavy atom. The maximum absolute atomic E-state index is 14.5. The van der Waals surface area contributed by atoms with Gasteiger partial charge in [-0.05, 0) is 63.2 Å². The summed E-state index contributed by atoms with van der Waals surface area (Å²) in [6, 6.07) is 18.5. The number of piperazine rings is 1. The van der Waals surface area contributed by atoms with Crippen molar-refractivity contribution < 1.29 is 17.6 Å². The molecule has 0 aliphatic carbocycles. The van der Waals surface area contributed by atoms with Crippen molar-refractivity contribution in [2.75, 3.05) is 29.9 Å². The molecule has 1 amide bonds. The molecule has 4 rings (SSSR count). The maximum atomic E-state index is 14.5. The summed E-state index contributed by atoms with van der Waals surface area (Å²) in [6.45, 7) is 7.04. The molecule has 0 unspecified atom stereocenters. The third kappa shape index (κ3) is 4.98. The average Bonchev–Trinajstić information content (AvgIpc) is 2.81. The average molecular weight is 482 g/mol. The highest BCUT2D eigenvalue weighted by Gasteiger charge is 2.33. The molecule has 1 atom stereocenters. The highest BCUT2D eigenvalue weighted by atomic mass is 32.2. The lowest BCUT2D eigenvalue weighted by atomic mass is 10.1. The van der Waals surface area contributed by atoms with Gasteiger partial charge in [0.15, 0.2) is 0 Å². The van der Waals surface area contributed by atoms with Crippen LogP contribution >= 0.6 is 0 Å². The number of aryl methyl sites for hydroxylation is 2. The third-order valence-electron chi connectivity index (χ3n) is 6.09. The number of hydrogen-bond acceptors (Lipinski definition) is 4. The highest BCUT2D eigenvalue weighted by Crippen LogP contribution is 2.26. The van der Waals surface area contributed by atoms with Crippen molar-refractivity contribution in [1.82, 2.24) is 4.31 Å². The number of carbonyl (C=O) groups excluding carboxylic acids is 1. The molecule has 0 radical (unpaired) electrons. The molecule has 0 aromatic heterocycles. The number of nitrogens with one attached hydrogen (secondary N) is 1. The van der Waals surface area contributed by atoms with Crippen LogP contribution in [0.3, 0.4) is 0 Å². The van der Waals surface area contributed by atoms with Crippen LogP contribution in [0.1, 0.15) is 28.4 Å². The molecule has 0 bridgehead atoms. The first-order valence-electron chi connectivity index (χ1n) is 11.2. The van der Waals surface area contributed by atoms with E-state index >= 15 is 0 Å². The van der Waals surface area contributed by atoms with E-state index in [1.54, 1.807) is 12.1 Å². The summed E-state index contributed by atoms with van der Waals surface area (Å²) in [5.74, 6) is -1.47. The van der Waals surface area contributed by atoms with Gasteiger partial charge in [0.1, 0.15) is 5.82 Å². The van der Waals surface area contributed by atoms with E-state index < -0.39 is 21.7 Å². The summed E-state index contributed by atoms with van der Waals surface area (Å²) in [5, 5.41) is 2.63. The van der Waals surface area contributed by atoms with E-state index in [0.29, 0.717) is 25.3 Å². The van der Waals surface area contributed by atoms with Crippen molar-refractivity contribution >= 4 is 27.3 Å². The van der Waals surface area contributed by atoms with E-state index in [9.17, 15) is 17.6 Å². The molecule has 6 nitrogen and oxygen atoms in total. The molecule has 1 saturated heterocycles. The fraction of sp³-hybridized carbons (Fsp3) is 0.269. The molecule has 3 aromatic rings. The number of rotatable bonds is 5. The lowest BCUT2D eigenvalue weighted by Crippen LogP contribution is -2.53. The zero-order chi connectivity index (χ0) is 24.5. The van der Waals surface area contributed by atoms with E-state index in [-0.39, 0.29) is 16.5 Å². The summed E-state index contributed by atoms with van der Waals surface area (Å²) < 4.78 is 42.6. The fourth-order valence-corrected chi connectivity index (χ4v) is 5.62. The first-order valence-corrected chi connectivity index (χ1v) is 12.6. The SMILES string of the molecule is Cc1ccc(NC(=O)c2cc(S(=O)(=O)N3CCN(c4ccc(C)cc4)[C@@H](C)C3)ccc2F)cc1. The second-order valence-electron chi connectivity index (χ2n) is 8.70. The van der Waals surface area contributed by atoms with Crippen LogP contribution in [0.4, 0.5) is 15.8 Å². The number of nitrogens with zero attached hydrogens (tertiary/aromatic N) is 2. The Bertz CT molecular complexity index is 1290. The Morgan fingerprint density at radius 2 is 1.56 bits per heavy atom. The molecule has 0 saturated carbocycles. The van der Waals surface area contributed by atoms with Crippen LogP contribution in [0.2, 0.25) is 0 Å². The van der Waals surface area contributed by atoms with Crippen LogP contribution in [0.5, 0.6) is 0 Å². The number of carbonyl (C=O) groups is 1. The van der Waals surface area contributed by atoms with Gasteiger partial charge in [-0.15, -0.1) is 0 Å². The quantitative estimate of drug-likeness (QED) is 0.579. The van der Waals surface area contributed by atoms with Crippen LogP contribution in [0.25, 0.3) is 0 Å². The lowest BCUT2D eigenvalue weighted by Gasteiger charge is -2.40. The molecule has 1 fully saturated rings. The number of sulfonamides is 1. The zero-order valence-corrected chi connectivity index (χ0v) is 20.3. The van der Waals surface area contributed by atoms with Gasteiger partial charge < -0.3 is 10.2 Å². The number of benzene rings is 3. The minimum absolute atomic E-state index is 0.0454. The minimum atomic E-state index is -3.90. The highest BCUT2D eigenvalue weighted by molar-refractivity contribution is 7.89. The smallest absolute Gasteiger partial charge is 0.258 e. The molecular weight excluding hydrogens is 453 g/mol.